The first-order valence-corrected chi connectivity index (χ1v) is 8.62. The largest absolute Gasteiger partial charge is 0.491 e. The third-order valence-corrected chi connectivity index (χ3v) is 3.97. The van der Waals surface area contributed by atoms with Gasteiger partial charge in [0.25, 0.3) is 5.91 Å². The second-order valence-electron chi connectivity index (χ2n) is 6.29. The SMILES string of the molecule is CC(C)Oc1cccc(C(=O)Nc2ccc(N3CCOCC3)cc2)c1. The van der Waals surface area contributed by atoms with Crippen LogP contribution in [0.4, 0.5) is 11.4 Å². The third-order valence-electron chi connectivity index (χ3n) is 3.97. The Morgan fingerprint density at radius 2 is 1.84 bits per heavy atom. The molecule has 5 nitrogen and oxygen atoms in total. The number of rotatable bonds is 5. The molecule has 5 heteroatoms. The molecule has 132 valence electrons. The van der Waals surface area contributed by atoms with Gasteiger partial charge in [-0.3, -0.25) is 4.79 Å². The number of nitrogens with zero attached hydrogens (tertiary/aromatic N) is 1. The Labute approximate surface area is 148 Å². The van der Waals surface area contributed by atoms with Gasteiger partial charge >= 0.3 is 0 Å². The minimum atomic E-state index is -0.145. The molecule has 0 aliphatic carbocycles. The molecule has 1 heterocycles. The van der Waals surface area contributed by atoms with Crippen molar-refractivity contribution in [2.45, 2.75) is 20.0 Å². The van der Waals surface area contributed by atoms with Gasteiger partial charge in [0, 0.05) is 30.0 Å². The first kappa shape index (κ1) is 17.3. The average molecular weight is 340 g/mol. The van der Waals surface area contributed by atoms with Gasteiger partial charge in [-0.25, -0.2) is 0 Å². The summed E-state index contributed by atoms with van der Waals surface area (Å²) in [7, 11) is 0. The van der Waals surface area contributed by atoms with E-state index < -0.39 is 0 Å². The van der Waals surface area contributed by atoms with Gasteiger partial charge in [0.05, 0.1) is 19.3 Å². The number of hydrogen-bond donors (Lipinski definition) is 1. The fraction of sp³-hybridized carbons (Fsp3) is 0.350. The maximum atomic E-state index is 12.4. The fourth-order valence-electron chi connectivity index (χ4n) is 2.76. The molecule has 2 aromatic carbocycles. The molecule has 1 aliphatic rings. The highest BCUT2D eigenvalue weighted by molar-refractivity contribution is 6.04. The predicted octanol–water partition coefficient (Wildman–Crippen LogP) is 3.56. The molecule has 0 atom stereocenters. The van der Waals surface area contributed by atoms with E-state index in [2.05, 4.69) is 10.2 Å². The van der Waals surface area contributed by atoms with E-state index in [0.717, 1.165) is 37.7 Å². The van der Waals surface area contributed by atoms with Gasteiger partial charge in [-0.1, -0.05) is 6.07 Å². The summed E-state index contributed by atoms with van der Waals surface area (Å²) in [4.78, 5) is 14.7. The maximum absolute atomic E-state index is 12.4. The van der Waals surface area contributed by atoms with E-state index in [1.165, 1.54) is 0 Å². The lowest BCUT2D eigenvalue weighted by Crippen LogP contribution is -2.36. The second-order valence-corrected chi connectivity index (χ2v) is 6.29. The molecule has 0 saturated carbocycles. The summed E-state index contributed by atoms with van der Waals surface area (Å²) in [5.74, 6) is 0.554. The Balaban J connectivity index is 1.64. The van der Waals surface area contributed by atoms with E-state index in [0.29, 0.717) is 11.3 Å². The number of benzene rings is 2. The molecule has 1 fully saturated rings. The van der Waals surface area contributed by atoms with Crippen LogP contribution < -0.4 is 15.0 Å². The van der Waals surface area contributed by atoms with E-state index in [4.69, 9.17) is 9.47 Å². The number of morpholine rings is 1. The molecule has 0 unspecified atom stereocenters. The smallest absolute Gasteiger partial charge is 0.255 e. The topological polar surface area (TPSA) is 50.8 Å². The Bertz CT molecular complexity index is 707. The van der Waals surface area contributed by atoms with Crippen molar-refractivity contribution >= 4 is 17.3 Å². The Morgan fingerprint density at radius 3 is 2.52 bits per heavy atom. The van der Waals surface area contributed by atoms with Gasteiger partial charge in [-0.05, 0) is 56.3 Å². The number of carbonyl (C=O) groups excluding carboxylic acids is 1. The molecule has 3 rings (SSSR count). The molecular formula is C20H24N2O3. The summed E-state index contributed by atoms with van der Waals surface area (Å²) in [6.07, 6.45) is 0.0750. The van der Waals surface area contributed by atoms with Crippen LogP contribution in [-0.4, -0.2) is 38.3 Å². The van der Waals surface area contributed by atoms with Gasteiger partial charge < -0.3 is 19.7 Å². The molecular weight excluding hydrogens is 316 g/mol. The van der Waals surface area contributed by atoms with Crippen LogP contribution >= 0.6 is 0 Å². The predicted molar refractivity (Wildman–Crippen MR) is 99.6 cm³/mol. The zero-order valence-electron chi connectivity index (χ0n) is 14.7. The van der Waals surface area contributed by atoms with Crippen LogP contribution in [0.15, 0.2) is 48.5 Å². The molecule has 2 aromatic rings. The maximum Gasteiger partial charge on any atom is 0.255 e. The summed E-state index contributed by atoms with van der Waals surface area (Å²) in [6, 6.07) is 15.1. The lowest BCUT2D eigenvalue weighted by Gasteiger charge is -2.28. The molecule has 1 saturated heterocycles. The minimum Gasteiger partial charge on any atom is -0.491 e. The van der Waals surface area contributed by atoms with Crippen LogP contribution in [0.25, 0.3) is 0 Å². The second kappa shape index (κ2) is 8.03. The van der Waals surface area contributed by atoms with Gasteiger partial charge in [0.15, 0.2) is 0 Å². The monoisotopic (exact) mass is 340 g/mol. The fourth-order valence-corrected chi connectivity index (χ4v) is 2.76. The molecule has 1 amide bonds. The molecule has 25 heavy (non-hydrogen) atoms. The summed E-state index contributed by atoms with van der Waals surface area (Å²) < 4.78 is 11.0. The molecule has 0 radical (unpaired) electrons. The number of ether oxygens (including phenoxy) is 2. The van der Waals surface area contributed by atoms with Crippen molar-refractivity contribution in [2.24, 2.45) is 0 Å². The van der Waals surface area contributed by atoms with E-state index >= 15 is 0 Å². The van der Waals surface area contributed by atoms with Crippen molar-refractivity contribution < 1.29 is 14.3 Å². The van der Waals surface area contributed by atoms with Crippen molar-refractivity contribution in [1.29, 1.82) is 0 Å². The van der Waals surface area contributed by atoms with Gasteiger partial charge in [-0.15, -0.1) is 0 Å². The molecule has 1 aliphatic heterocycles. The first-order valence-electron chi connectivity index (χ1n) is 8.62. The van der Waals surface area contributed by atoms with Crippen LogP contribution in [0, 0.1) is 0 Å². The number of amides is 1. The lowest BCUT2D eigenvalue weighted by atomic mass is 10.2. The average Bonchev–Trinajstić information content (AvgIpc) is 2.63. The lowest BCUT2D eigenvalue weighted by molar-refractivity contribution is 0.102. The number of nitrogens with one attached hydrogen (secondary N) is 1. The highest BCUT2D eigenvalue weighted by atomic mass is 16.5. The molecule has 0 spiro atoms. The van der Waals surface area contributed by atoms with Crippen molar-refractivity contribution in [2.75, 3.05) is 36.5 Å². The standard InChI is InChI=1S/C20H24N2O3/c1-15(2)25-19-5-3-4-16(14-19)20(23)21-17-6-8-18(9-7-17)22-10-12-24-13-11-22/h3-9,14-15H,10-13H2,1-2H3,(H,21,23). The van der Waals surface area contributed by atoms with E-state index in [-0.39, 0.29) is 12.0 Å². The minimum absolute atomic E-state index is 0.0750. The van der Waals surface area contributed by atoms with Gasteiger partial charge in [0.1, 0.15) is 5.75 Å². The zero-order chi connectivity index (χ0) is 17.6. The quantitative estimate of drug-likeness (QED) is 0.904. The van der Waals surface area contributed by atoms with Crippen LogP contribution in [-0.2, 0) is 4.74 Å². The van der Waals surface area contributed by atoms with E-state index in [9.17, 15) is 4.79 Å². The van der Waals surface area contributed by atoms with E-state index in [1.807, 2.05) is 50.2 Å². The van der Waals surface area contributed by atoms with Crippen molar-refractivity contribution in [3.8, 4) is 5.75 Å². The zero-order valence-corrected chi connectivity index (χ0v) is 14.7. The normalized spacial score (nSPS) is 14.4. The summed E-state index contributed by atoms with van der Waals surface area (Å²) in [5, 5.41) is 2.93. The van der Waals surface area contributed by atoms with E-state index in [1.54, 1.807) is 12.1 Å². The highest BCUT2D eigenvalue weighted by Gasteiger charge is 2.12. The van der Waals surface area contributed by atoms with Crippen LogP contribution in [0.1, 0.15) is 24.2 Å². The van der Waals surface area contributed by atoms with Crippen LogP contribution in [0.2, 0.25) is 0 Å². The molecule has 1 N–H and O–H groups in total. The van der Waals surface area contributed by atoms with Gasteiger partial charge in [-0.2, -0.15) is 0 Å². The molecule has 0 aromatic heterocycles. The Morgan fingerprint density at radius 1 is 1.12 bits per heavy atom. The number of hydrogen-bond acceptors (Lipinski definition) is 4. The summed E-state index contributed by atoms with van der Waals surface area (Å²) in [6.45, 7) is 7.23. The summed E-state index contributed by atoms with van der Waals surface area (Å²) >= 11 is 0. The Hall–Kier alpha value is -2.53. The number of anilines is 2. The Kier molecular flexibility index (Phi) is 5.56. The van der Waals surface area contributed by atoms with Gasteiger partial charge in [0.2, 0.25) is 0 Å². The number of carbonyl (C=O) groups is 1. The third kappa shape index (κ3) is 4.73. The van der Waals surface area contributed by atoms with Crippen LogP contribution in [0.3, 0.4) is 0 Å². The molecule has 0 bridgehead atoms. The summed E-state index contributed by atoms with van der Waals surface area (Å²) in [5.41, 5.74) is 2.50. The van der Waals surface area contributed by atoms with Crippen molar-refractivity contribution in [3.05, 3.63) is 54.1 Å². The highest BCUT2D eigenvalue weighted by Crippen LogP contribution is 2.20. The van der Waals surface area contributed by atoms with Crippen LogP contribution in [0.5, 0.6) is 5.75 Å². The first-order chi connectivity index (χ1) is 12.1. The van der Waals surface area contributed by atoms with Crippen molar-refractivity contribution in [1.82, 2.24) is 0 Å². The van der Waals surface area contributed by atoms with Crippen molar-refractivity contribution in [3.63, 3.8) is 0 Å².